The number of carbonyl (C=O) groups is 3. The Morgan fingerprint density at radius 1 is 0.909 bits per heavy atom. The van der Waals surface area contributed by atoms with Crippen LogP contribution in [0.3, 0.4) is 0 Å². The molecule has 7 nitrogen and oxygen atoms in total. The molecular weight excluding hydrogens is 420 g/mol. The van der Waals surface area contributed by atoms with Gasteiger partial charge in [-0.05, 0) is 34.1 Å². The Kier molecular flexibility index (Phi) is 7.74. The minimum absolute atomic E-state index is 0.0867. The number of ether oxygens (including phenoxy) is 1. The van der Waals surface area contributed by atoms with Crippen LogP contribution in [-0.4, -0.2) is 41.8 Å². The highest BCUT2D eigenvalue weighted by atomic mass is 16.5. The molecule has 1 aliphatic rings. The maximum Gasteiger partial charge on any atom is 0.407 e. The molecule has 1 unspecified atom stereocenters. The van der Waals surface area contributed by atoms with Crippen LogP contribution in [0.2, 0.25) is 0 Å². The van der Waals surface area contributed by atoms with Gasteiger partial charge in [-0.15, -0.1) is 0 Å². The molecule has 7 heteroatoms. The molecule has 3 rings (SSSR count). The summed E-state index contributed by atoms with van der Waals surface area (Å²) in [4.78, 5) is 37.0. The molecule has 0 heterocycles. The lowest BCUT2D eigenvalue weighted by Gasteiger charge is -2.26. The van der Waals surface area contributed by atoms with Gasteiger partial charge in [0, 0.05) is 5.92 Å². The first-order chi connectivity index (χ1) is 15.7. The largest absolute Gasteiger partial charge is 0.480 e. The summed E-state index contributed by atoms with van der Waals surface area (Å²) in [6.07, 6.45) is -0.0741. The average molecular weight is 453 g/mol. The second-order valence-corrected chi connectivity index (χ2v) is 8.90. The smallest absolute Gasteiger partial charge is 0.407 e. The van der Waals surface area contributed by atoms with Crippen molar-refractivity contribution in [1.29, 1.82) is 0 Å². The first-order valence-electron chi connectivity index (χ1n) is 11.4. The molecule has 0 aliphatic heterocycles. The summed E-state index contributed by atoms with van der Waals surface area (Å²) in [5, 5.41) is 14.6. The van der Waals surface area contributed by atoms with Crippen LogP contribution in [0.15, 0.2) is 48.5 Å². The Morgan fingerprint density at radius 3 is 1.94 bits per heavy atom. The van der Waals surface area contributed by atoms with E-state index in [1.165, 1.54) is 0 Å². The number of carboxylic acids is 1. The maximum absolute atomic E-state index is 12.8. The van der Waals surface area contributed by atoms with Crippen LogP contribution in [-0.2, 0) is 14.3 Å². The predicted molar refractivity (Wildman–Crippen MR) is 126 cm³/mol. The average Bonchev–Trinajstić information content (AvgIpc) is 3.12. The number of fused-ring (bicyclic) bond motifs is 3. The van der Waals surface area contributed by atoms with E-state index in [9.17, 15) is 19.5 Å². The van der Waals surface area contributed by atoms with Crippen LogP contribution in [0, 0.1) is 11.8 Å². The Labute approximate surface area is 194 Å². The standard InChI is InChI=1S/C26H32N2O5/c1-5-16(4)23(24(29)27-22(15(2)3)25(30)31)28-26(32)33-14-21-19-12-8-6-10-17(19)18-11-7-9-13-20(18)21/h6-13,15-16,21-23H,5,14H2,1-4H3,(H,27,29)(H,28,32)(H,30,31)/t16?,22-,23+/m1/s1. The zero-order chi connectivity index (χ0) is 24.1. The van der Waals surface area contributed by atoms with Crippen molar-refractivity contribution in [1.82, 2.24) is 10.6 Å². The number of hydrogen-bond acceptors (Lipinski definition) is 4. The van der Waals surface area contributed by atoms with Crippen molar-refractivity contribution in [3.8, 4) is 11.1 Å². The first kappa shape index (κ1) is 24.3. The van der Waals surface area contributed by atoms with Crippen LogP contribution in [0.25, 0.3) is 11.1 Å². The van der Waals surface area contributed by atoms with Crippen molar-refractivity contribution in [2.45, 2.75) is 52.1 Å². The van der Waals surface area contributed by atoms with Gasteiger partial charge in [0.2, 0.25) is 5.91 Å². The molecule has 0 aromatic heterocycles. The van der Waals surface area contributed by atoms with Crippen LogP contribution in [0.4, 0.5) is 4.79 Å². The molecular formula is C26H32N2O5. The van der Waals surface area contributed by atoms with E-state index in [-0.39, 0.29) is 24.4 Å². The minimum atomic E-state index is -1.11. The first-order valence-corrected chi connectivity index (χ1v) is 11.4. The molecule has 0 spiro atoms. The molecule has 0 fully saturated rings. The van der Waals surface area contributed by atoms with Crippen LogP contribution >= 0.6 is 0 Å². The topological polar surface area (TPSA) is 105 Å². The Balaban J connectivity index is 1.69. The van der Waals surface area contributed by atoms with E-state index in [4.69, 9.17) is 4.74 Å². The van der Waals surface area contributed by atoms with Crippen LogP contribution < -0.4 is 10.6 Å². The summed E-state index contributed by atoms with van der Waals surface area (Å²) in [5.41, 5.74) is 4.47. The van der Waals surface area contributed by atoms with Crippen molar-refractivity contribution in [3.05, 3.63) is 59.7 Å². The maximum atomic E-state index is 12.8. The number of aliphatic carboxylic acids is 1. The number of benzene rings is 2. The lowest BCUT2D eigenvalue weighted by atomic mass is 9.97. The van der Waals surface area contributed by atoms with Crippen LogP contribution in [0.5, 0.6) is 0 Å². The van der Waals surface area contributed by atoms with Gasteiger partial charge in [0.25, 0.3) is 0 Å². The highest BCUT2D eigenvalue weighted by molar-refractivity contribution is 5.89. The van der Waals surface area contributed by atoms with Gasteiger partial charge in [-0.2, -0.15) is 0 Å². The van der Waals surface area contributed by atoms with Crippen molar-refractivity contribution in [2.24, 2.45) is 11.8 Å². The third-order valence-electron chi connectivity index (χ3n) is 6.34. The third kappa shape index (κ3) is 5.35. The molecule has 2 amide bonds. The van der Waals surface area contributed by atoms with Gasteiger partial charge in [0.1, 0.15) is 18.7 Å². The van der Waals surface area contributed by atoms with Gasteiger partial charge in [0.05, 0.1) is 0 Å². The summed E-state index contributed by atoms with van der Waals surface area (Å²) >= 11 is 0. The minimum Gasteiger partial charge on any atom is -0.480 e. The number of nitrogens with one attached hydrogen (secondary N) is 2. The number of amides is 2. The number of hydrogen-bond donors (Lipinski definition) is 3. The quantitative estimate of drug-likeness (QED) is 0.530. The Hall–Kier alpha value is -3.35. The van der Waals surface area contributed by atoms with Gasteiger partial charge in [0.15, 0.2) is 0 Å². The zero-order valence-electron chi connectivity index (χ0n) is 19.5. The van der Waals surface area contributed by atoms with Gasteiger partial charge < -0.3 is 20.5 Å². The number of rotatable bonds is 9. The van der Waals surface area contributed by atoms with E-state index in [0.29, 0.717) is 6.42 Å². The van der Waals surface area contributed by atoms with Gasteiger partial charge in [-0.3, -0.25) is 4.79 Å². The summed E-state index contributed by atoms with van der Waals surface area (Å²) in [7, 11) is 0. The SMILES string of the molecule is CCC(C)[C@H](NC(=O)OCC1c2ccccc2-c2ccccc21)C(=O)N[C@@H](C(=O)O)C(C)C. The molecule has 2 aromatic carbocycles. The number of carbonyl (C=O) groups excluding carboxylic acids is 2. The summed E-state index contributed by atoms with van der Waals surface area (Å²) in [6, 6.07) is 14.2. The van der Waals surface area contributed by atoms with E-state index < -0.39 is 30.1 Å². The molecule has 0 radical (unpaired) electrons. The zero-order valence-corrected chi connectivity index (χ0v) is 19.5. The fourth-order valence-electron chi connectivity index (χ4n) is 4.23. The highest BCUT2D eigenvalue weighted by Gasteiger charge is 2.33. The van der Waals surface area contributed by atoms with E-state index in [1.807, 2.05) is 50.2 Å². The van der Waals surface area contributed by atoms with E-state index in [0.717, 1.165) is 22.3 Å². The van der Waals surface area contributed by atoms with Crippen molar-refractivity contribution in [3.63, 3.8) is 0 Å². The van der Waals surface area contributed by atoms with Crippen LogP contribution in [0.1, 0.15) is 51.2 Å². The van der Waals surface area contributed by atoms with Crippen molar-refractivity contribution in [2.75, 3.05) is 6.61 Å². The summed E-state index contributed by atoms with van der Waals surface area (Å²) in [5.74, 6) is -2.22. The van der Waals surface area contributed by atoms with Crippen molar-refractivity contribution < 1.29 is 24.2 Å². The Morgan fingerprint density at radius 2 is 1.45 bits per heavy atom. The molecule has 2 aromatic rings. The highest BCUT2D eigenvalue weighted by Crippen LogP contribution is 2.44. The lowest BCUT2D eigenvalue weighted by molar-refractivity contribution is -0.143. The van der Waals surface area contributed by atoms with Gasteiger partial charge in [-0.25, -0.2) is 9.59 Å². The number of alkyl carbamates (subject to hydrolysis) is 1. The predicted octanol–water partition coefficient (Wildman–Crippen LogP) is 4.17. The van der Waals surface area contributed by atoms with Gasteiger partial charge in [-0.1, -0.05) is 82.6 Å². The Bertz CT molecular complexity index is 974. The summed E-state index contributed by atoms with van der Waals surface area (Å²) in [6.45, 7) is 7.31. The molecule has 176 valence electrons. The van der Waals surface area contributed by atoms with E-state index >= 15 is 0 Å². The normalized spacial score (nSPS) is 15.2. The molecule has 1 aliphatic carbocycles. The lowest BCUT2D eigenvalue weighted by Crippen LogP contribution is -2.55. The molecule has 3 atom stereocenters. The fourth-order valence-corrected chi connectivity index (χ4v) is 4.23. The monoisotopic (exact) mass is 452 g/mol. The number of carboxylic acid groups (broad SMARTS) is 1. The molecule has 0 bridgehead atoms. The second-order valence-electron chi connectivity index (χ2n) is 8.90. The molecule has 3 N–H and O–H groups in total. The van der Waals surface area contributed by atoms with E-state index in [2.05, 4.69) is 22.8 Å². The molecule has 0 saturated carbocycles. The summed E-state index contributed by atoms with van der Waals surface area (Å²) < 4.78 is 5.57. The third-order valence-corrected chi connectivity index (χ3v) is 6.34. The molecule has 0 saturated heterocycles. The second kappa shape index (κ2) is 10.5. The fraction of sp³-hybridized carbons (Fsp3) is 0.423. The van der Waals surface area contributed by atoms with Gasteiger partial charge >= 0.3 is 12.1 Å². The van der Waals surface area contributed by atoms with Crippen molar-refractivity contribution >= 4 is 18.0 Å². The van der Waals surface area contributed by atoms with E-state index in [1.54, 1.807) is 13.8 Å². The molecule has 33 heavy (non-hydrogen) atoms.